The van der Waals surface area contributed by atoms with E-state index in [2.05, 4.69) is 12.2 Å². The zero-order chi connectivity index (χ0) is 25.0. The van der Waals surface area contributed by atoms with Crippen LogP contribution >= 0.6 is 35.6 Å². The van der Waals surface area contributed by atoms with Gasteiger partial charge in [0.25, 0.3) is 5.91 Å². The molecule has 0 atom stereocenters. The number of thioether (sulfide) groups is 1. The summed E-state index contributed by atoms with van der Waals surface area (Å²) in [5.41, 5.74) is 0.720. The van der Waals surface area contributed by atoms with Gasteiger partial charge < -0.3 is 24.3 Å². The molecule has 1 saturated heterocycles. The molecule has 1 aliphatic heterocycles. The van der Waals surface area contributed by atoms with Crippen LogP contribution in [0, 0.1) is 0 Å². The molecule has 2 aromatic rings. The molecule has 0 unspecified atom stereocenters. The van der Waals surface area contributed by atoms with Gasteiger partial charge in [0.15, 0.2) is 11.5 Å². The molecule has 3 rings (SSSR count). The Labute approximate surface area is 221 Å². The summed E-state index contributed by atoms with van der Waals surface area (Å²) in [5.74, 6) is 2.28. The second-order valence-corrected chi connectivity index (χ2v) is 9.82. The van der Waals surface area contributed by atoms with Crippen LogP contribution in [0.25, 0.3) is 6.08 Å². The van der Waals surface area contributed by atoms with E-state index < -0.39 is 0 Å². The SMILES string of the molecule is CCCCCCOc1ccc(OCCOc2c(Cl)cc(C=C3SC(=S)NC3=O)cc2OCC)cc1. The first-order chi connectivity index (χ1) is 17.0. The number of carbonyl (C=O) groups excluding carboxylic acids is 1. The Morgan fingerprint density at radius 1 is 0.943 bits per heavy atom. The van der Waals surface area contributed by atoms with Gasteiger partial charge in [-0.25, -0.2) is 0 Å². The van der Waals surface area contributed by atoms with Gasteiger partial charge in [-0.15, -0.1) is 0 Å². The minimum Gasteiger partial charge on any atom is -0.494 e. The molecule has 0 bridgehead atoms. The van der Waals surface area contributed by atoms with Crippen molar-refractivity contribution in [3.63, 3.8) is 0 Å². The summed E-state index contributed by atoms with van der Waals surface area (Å²) in [7, 11) is 0. The van der Waals surface area contributed by atoms with E-state index in [4.69, 9.17) is 42.8 Å². The Kier molecular flexibility index (Phi) is 11.0. The van der Waals surface area contributed by atoms with Gasteiger partial charge in [0, 0.05) is 0 Å². The lowest BCUT2D eigenvalue weighted by atomic mass is 10.2. The van der Waals surface area contributed by atoms with Gasteiger partial charge in [0.2, 0.25) is 0 Å². The smallest absolute Gasteiger partial charge is 0.263 e. The number of amides is 1. The van der Waals surface area contributed by atoms with E-state index in [1.54, 1.807) is 18.2 Å². The standard InChI is InChI=1S/C26H30ClNO5S2/c1-3-5-6-7-12-31-19-8-10-20(11-9-19)32-13-14-33-24-21(27)15-18(16-22(24)30-4-2)17-23-25(29)28-26(34)35-23/h8-11,15-17H,3-7,12-14H2,1-2H3,(H,28,29,34). The molecule has 0 radical (unpaired) electrons. The number of hydrogen-bond donors (Lipinski definition) is 1. The molecule has 2 aromatic carbocycles. The average Bonchev–Trinajstić information content (AvgIpc) is 3.15. The summed E-state index contributed by atoms with van der Waals surface area (Å²) in [4.78, 5) is 12.4. The highest BCUT2D eigenvalue weighted by Gasteiger charge is 2.22. The number of halogens is 1. The van der Waals surface area contributed by atoms with Gasteiger partial charge in [-0.1, -0.05) is 61.8 Å². The Balaban J connectivity index is 1.52. The molecule has 1 aliphatic rings. The third-order valence-electron chi connectivity index (χ3n) is 4.96. The lowest BCUT2D eigenvalue weighted by Crippen LogP contribution is -2.17. The average molecular weight is 536 g/mol. The first kappa shape index (κ1) is 27.2. The molecule has 0 spiro atoms. The van der Waals surface area contributed by atoms with E-state index in [9.17, 15) is 4.79 Å². The first-order valence-electron chi connectivity index (χ1n) is 11.7. The van der Waals surface area contributed by atoms with Crippen LogP contribution < -0.4 is 24.3 Å². The van der Waals surface area contributed by atoms with Gasteiger partial charge >= 0.3 is 0 Å². The van der Waals surface area contributed by atoms with Gasteiger partial charge in [-0.2, -0.15) is 0 Å². The van der Waals surface area contributed by atoms with Crippen LogP contribution in [0.3, 0.4) is 0 Å². The van der Waals surface area contributed by atoms with Crippen molar-refractivity contribution in [2.24, 2.45) is 0 Å². The van der Waals surface area contributed by atoms with Crippen LogP contribution in [0.2, 0.25) is 5.02 Å². The number of rotatable bonds is 14. The van der Waals surface area contributed by atoms with E-state index in [1.807, 2.05) is 31.2 Å². The van der Waals surface area contributed by atoms with Gasteiger partial charge in [0.1, 0.15) is 29.0 Å². The van der Waals surface area contributed by atoms with Crippen LogP contribution in [0.15, 0.2) is 41.3 Å². The monoisotopic (exact) mass is 535 g/mol. The molecule has 188 valence electrons. The number of thiocarbonyl (C=S) groups is 1. The third-order valence-corrected chi connectivity index (χ3v) is 6.40. The van der Waals surface area contributed by atoms with Crippen molar-refractivity contribution in [1.29, 1.82) is 0 Å². The van der Waals surface area contributed by atoms with E-state index >= 15 is 0 Å². The molecule has 35 heavy (non-hydrogen) atoms. The fourth-order valence-electron chi connectivity index (χ4n) is 3.30. The number of nitrogens with one attached hydrogen (secondary N) is 1. The number of carbonyl (C=O) groups is 1. The Hall–Kier alpha value is -2.42. The third kappa shape index (κ3) is 8.63. The molecule has 0 saturated carbocycles. The van der Waals surface area contributed by atoms with Gasteiger partial charge in [-0.05, 0) is 61.4 Å². The molecular formula is C26H30ClNO5S2. The minimum absolute atomic E-state index is 0.224. The van der Waals surface area contributed by atoms with Gasteiger partial charge in [0.05, 0.1) is 23.1 Å². The molecule has 0 aliphatic carbocycles. The van der Waals surface area contributed by atoms with E-state index in [0.29, 0.717) is 39.0 Å². The molecule has 9 heteroatoms. The molecule has 1 N–H and O–H groups in total. The Morgan fingerprint density at radius 3 is 2.26 bits per heavy atom. The zero-order valence-electron chi connectivity index (χ0n) is 19.9. The number of hydrogen-bond acceptors (Lipinski definition) is 7. The normalized spacial score (nSPS) is 14.2. The predicted molar refractivity (Wildman–Crippen MR) is 146 cm³/mol. The fraction of sp³-hybridized carbons (Fsp3) is 0.385. The highest BCUT2D eigenvalue weighted by atomic mass is 35.5. The topological polar surface area (TPSA) is 66.0 Å². The summed E-state index contributed by atoms with van der Waals surface area (Å²) < 4.78 is 23.6. The maximum atomic E-state index is 11.9. The summed E-state index contributed by atoms with van der Waals surface area (Å²) in [6.45, 7) is 5.85. The first-order valence-corrected chi connectivity index (χ1v) is 13.3. The van der Waals surface area contributed by atoms with Crippen LogP contribution in [0.1, 0.15) is 45.1 Å². The van der Waals surface area contributed by atoms with E-state index in [0.717, 1.165) is 30.1 Å². The van der Waals surface area contributed by atoms with Crippen molar-refractivity contribution in [2.45, 2.75) is 39.5 Å². The van der Waals surface area contributed by atoms with Crippen LogP contribution in [-0.4, -0.2) is 36.7 Å². The summed E-state index contributed by atoms with van der Waals surface area (Å²) in [6.07, 6.45) is 6.44. The lowest BCUT2D eigenvalue weighted by Gasteiger charge is -2.15. The van der Waals surface area contributed by atoms with Crippen molar-refractivity contribution >= 4 is 51.9 Å². The minimum atomic E-state index is -0.224. The van der Waals surface area contributed by atoms with Crippen molar-refractivity contribution in [2.75, 3.05) is 26.4 Å². The van der Waals surface area contributed by atoms with Crippen LogP contribution in [0.5, 0.6) is 23.0 Å². The summed E-state index contributed by atoms with van der Waals surface area (Å²) in [5, 5.41) is 2.98. The maximum Gasteiger partial charge on any atom is 0.263 e. The predicted octanol–water partition coefficient (Wildman–Crippen LogP) is 6.64. The fourth-order valence-corrected chi connectivity index (χ4v) is 4.62. The quantitative estimate of drug-likeness (QED) is 0.165. The molecule has 0 aromatic heterocycles. The molecule has 1 amide bonds. The largest absolute Gasteiger partial charge is 0.494 e. The number of unbranched alkanes of at least 4 members (excludes halogenated alkanes) is 3. The molecule has 6 nitrogen and oxygen atoms in total. The zero-order valence-corrected chi connectivity index (χ0v) is 22.3. The summed E-state index contributed by atoms with van der Waals surface area (Å²) >= 11 is 12.7. The molecule has 1 heterocycles. The van der Waals surface area contributed by atoms with Crippen molar-refractivity contribution in [1.82, 2.24) is 5.32 Å². The Morgan fingerprint density at radius 2 is 1.63 bits per heavy atom. The molecular weight excluding hydrogens is 506 g/mol. The second kappa shape index (κ2) is 14.2. The maximum absolute atomic E-state index is 11.9. The number of ether oxygens (including phenoxy) is 4. The highest BCUT2D eigenvalue weighted by Crippen LogP contribution is 2.38. The Bertz CT molecular complexity index is 1040. The molecule has 1 fully saturated rings. The second-order valence-electron chi connectivity index (χ2n) is 7.69. The summed E-state index contributed by atoms with van der Waals surface area (Å²) in [6, 6.07) is 11.1. The van der Waals surface area contributed by atoms with E-state index in [1.165, 1.54) is 31.0 Å². The van der Waals surface area contributed by atoms with Gasteiger partial charge in [-0.3, -0.25) is 4.79 Å². The lowest BCUT2D eigenvalue weighted by molar-refractivity contribution is -0.115. The van der Waals surface area contributed by atoms with Crippen LogP contribution in [-0.2, 0) is 4.79 Å². The van der Waals surface area contributed by atoms with Crippen molar-refractivity contribution < 1.29 is 23.7 Å². The van der Waals surface area contributed by atoms with E-state index in [-0.39, 0.29) is 12.5 Å². The highest BCUT2D eigenvalue weighted by molar-refractivity contribution is 8.26. The van der Waals surface area contributed by atoms with Crippen molar-refractivity contribution in [3.05, 3.63) is 51.9 Å². The van der Waals surface area contributed by atoms with Crippen molar-refractivity contribution in [3.8, 4) is 23.0 Å². The van der Waals surface area contributed by atoms with Crippen LogP contribution in [0.4, 0.5) is 0 Å². The number of benzene rings is 2.